The van der Waals surface area contributed by atoms with Gasteiger partial charge in [-0.25, -0.2) is 4.98 Å². The number of nitrogens with one attached hydrogen (secondary N) is 1. The summed E-state index contributed by atoms with van der Waals surface area (Å²) >= 11 is 6.15. The average Bonchev–Trinajstić information content (AvgIpc) is 2.86. The van der Waals surface area contributed by atoms with Gasteiger partial charge in [0.2, 0.25) is 0 Å². The number of carbonyl (C=O) groups excluding carboxylic acids is 1. The molecule has 1 aliphatic rings. The number of hydrogen-bond acceptors (Lipinski definition) is 2. The van der Waals surface area contributed by atoms with Crippen molar-refractivity contribution in [3.63, 3.8) is 0 Å². The van der Waals surface area contributed by atoms with Crippen molar-refractivity contribution < 1.29 is 4.79 Å². The number of amides is 1. The van der Waals surface area contributed by atoms with Crippen LogP contribution in [0, 0.1) is 6.92 Å². The Morgan fingerprint density at radius 2 is 2.05 bits per heavy atom. The molecule has 3 rings (SSSR count). The summed E-state index contributed by atoms with van der Waals surface area (Å²) in [7, 11) is 0. The number of piperidine rings is 1. The lowest BCUT2D eigenvalue weighted by Crippen LogP contribution is -2.35. The zero-order valence-corrected chi connectivity index (χ0v) is 12.8. The predicted octanol–water partition coefficient (Wildman–Crippen LogP) is 3.66. The van der Waals surface area contributed by atoms with Crippen LogP contribution in [-0.2, 0) is 0 Å². The van der Waals surface area contributed by atoms with Gasteiger partial charge < -0.3 is 9.88 Å². The Bertz CT molecular complexity index is 659. The molecule has 0 aliphatic carbocycles. The number of H-pyrrole nitrogens is 1. The zero-order chi connectivity index (χ0) is 14.8. The van der Waals surface area contributed by atoms with Crippen LogP contribution in [0.1, 0.15) is 35.4 Å². The molecule has 1 amide bonds. The van der Waals surface area contributed by atoms with E-state index in [0.717, 1.165) is 37.3 Å². The zero-order valence-electron chi connectivity index (χ0n) is 12.0. The van der Waals surface area contributed by atoms with Crippen LogP contribution in [0.15, 0.2) is 24.3 Å². The van der Waals surface area contributed by atoms with E-state index in [1.165, 1.54) is 6.42 Å². The molecule has 0 unspecified atom stereocenters. The normalized spacial score (nSPS) is 15.2. The smallest absolute Gasteiger partial charge is 0.253 e. The molecule has 1 saturated heterocycles. The first-order chi connectivity index (χ1) is 10.1. The second-order valence-corrected chi connectivity index (χ2v) is 5.80. The number of halogens is 1. The molecule has 1 aliphatic heterocycles. The molecule has 0 bridgehead atoms. The van der Waals surface area contributed by atoms with Crippen LogP contribution < -0.4 is 0 Å². The van der Waals surface area contributed by atoms with Gasteiger partial charge in [-0.05, 0) is 38.3 Å². The highest BCUT2D eigenvalue weighted by Crippen LogP contribution is 2.26. The van der Waals surface area contributed by atoms with E-state index in [0.29, 0.717) is 16.4 Å². The van der Waals surface area contributed by atoms with Gasteiger partial charge >= 0.3 is 0 Å². The van der Waals surface area contributed by atoms with E-state index >= 15 is 0 Å². The SMILES string of the molecule is Cc1nc(-c2cccc(C(=O)N3CCCCC3)c2)c(Cl)[nH]1. The number of benzene rings is 1. The first-order valence-corrected chi connectivity index (χ1v) is 7.65. The summed E-state index contributed by atoms with van der Waals surface area (Å²) in [5.41, 5.74) is 2.26. The molecule has 5 heteroatoms. The van der Waals surface area contributed by atoms with Crippen LogP contribution in [0.5, 0.6) is 0 Å². The highest BCUT2D eigenvalue weighted by Gasteiger charge is 2.19. The van der Waals surface area contributed by atoms with Crippen molar-refractivity contribution in [3.8, 4) is 11.3 Å². The number of nitrogens with zero attached hydrogens (tertiary/aromatic N) is 2. The fourth-order valence-corrected chi connectivity index (χ4v) is 3.02. The van der Waals surface area contributed by atoms with Gasteiger partial charge in [-0.1, -0.05) is 23.7 Å². The van der Waals surface area contributed by atoms with Crippen LogP contribution in [0.25, 0.3) is 11.3 Å². The van der Waals surface area contributed by atoms with E-state index in [2.05, 4.69) is 9.97 Å². The summed E-state index contributed by atoms with van der Waals surface area (Å²) in [4.78, 5) is 21.8. The van der Waals surface area contributed by atoms with Crippen molar-refractivity contribution in [1.29, 1.82) is 0 Å². The minimum atomic E-state index is 0.0972. The first kappa shape index (κ1) is 14.1. The number of aromatic amines is 1. The monoisotopic (exact) mass is 303 g/mol. The maximum atomic E-state index is 12.5. The van der Waals surface area contributed by atoms with Crippen LogP contribution >= 0.6 is 11.6 Å². The summed E-state index contributed by atoms with van der Waals surface area (Å²) < 4.78 is 0. The van der Waals surface area contributed by atoms with Gasteiger partial charge in [0, 0.05) is 24.2 Å². The number of imidazole rings is 1. The summed E-state index contributed by atoms with van der Waals surface area (Å²) in [6, 6.07) is 7.54. The third-order valence-corrected chi connectivity index (χ3v) is 4.08. The predicted molar refractivity (Wildman–Crippen MR) is 83.5 cm³/mol. The van der Waals surface area contributed by atoms with Crippen molar-refractivity contribution in [3.05, 3.63) is 40.8 Å². The molecular weight excluding hydrogens is 286 g/mol. The third-order valence-electron chi connectivity index (χ3n) is 3.80. The Morgan fingerprint density at radius 1 is 1.29 bits per heavy atom. The van der Waals surface area contributed by atoms with Crippen molar-refractivity contribution in [2.75, 3.05) is 13.1 Å². The first-order valence-electron chi connectivity index (χ1n) is 7.27. The van der Waals surface area contributed by atoms with E-state index in [4.69, 9.17) is 11.6 Å². The van der Waals surface area contributed by atoms with Crippen molar-refractivity contribution in [2.24, 2.45) is 0 Å². The lowest BCUT2D eigenvalue weighted by atomic mass is 10.1. The molecule has 0 spiro atoms. The largest absolute Gasteiger partial charge is 0.339 e. The standard InChI is InChI=1S/C16H18ClN3O/c1-11-18-14(15(17)19-11)12-6-5-7-13(10-12)16(21)20-8-3-2-4-9-20/h5-7,10H,2-4,8-9H2,1H3,(H,18,19). The van der Waals surface area contributed by atoms with Crippen molar-refractivity contribution >= 4 is 17.5 Å². The van der Waals surface area contributed by atoms with E-state index in [1.54, 1.807) is 0 Å². The lowest BCUT2D eigenvalue weighted by molar-refractivity contribution is 0.0724. The van der Waals surface area contributed by atoms with Gasteiger partial charge in [0.15, 0.2) is 0 Å². The highest BCUT2D eigenvalue weighted by molar-refractivity contribution is 6.31. The lowest BCUT2D eigenvalue weighted by Gasteiger charge is -2.26. The van der Waals surface area contributed by atoms with E-state index < -0.39 is 0 Å². The Morgan fingerprint density at radius 3 is 2.71 bits per heavy atom. The Labute approximate surface area is 129 Å². The Balaban J connectivity index is 1.89. The fraction of sp³-hybridized carbons (Fsp3) is 0.375. The molecular formula is C16H18ClN3O. The maximum absolute atomic E-state index is 12.5. The van der Waals surface area contributed by atoms with Crippen molar-refractivity contribution in [1.82, 2.24) is 14.9 Å². The molecule has 110 valence electrons. The topological polar surface area (TPSA) is 49.0 Å². The van der Waals surface area contributed by atoms with Crippen molar-refractivity contribution in [2.45, 2.75) is 26.2 Å². The second-order valence-electron chi connectivity index (χ2n) is 5.42. The molecule has 21 heavy (non-hydrogen) atoms. The third kappa shape index (κ3) is 2.95. The number of rotatable bonds is 2. The average molecular weight is 304 g/mol. The molecule has 2 aromatic rings. The number of carbonyl (C=O) groups is 1. The maximum Gasteiger partial charge on any atom is 0.253 e. The minimum absolute atomic E-state index is 0.0972. The Hall–Kier alpha value is -1.81. The second kappa shape index (κ2) is 5.90. The van der Waals surface area contributed by atoms with E-state index in [1.807, 2.05) is 36.1 Å². The summed E-state index contributed by atoms with van der Waals surface area (Å²) in [6.07, 6.45) is 3.40. The van der Waals surface area contributed by atoms with Gasteiger partial charge in [0.1, 0.15) is 16.7 Å². The van der Waals surface area contributed by atoms with Crippen LogP contribution in [0.2, 0.25) is 5.15 Å². The molecule has 0 saturated carbocycles. The summed E-state index contributed by atoms with van der Waals surface area (Å²) in [5, 5.41) is 0.509. The molecule has 0 atom stereocenters. The summed E-state index contributed by atoms with van der Waals surface area (Å²) in [6.45, 7) is 3.56. The fourth-order valence-electron chi connectivity index (χ4n) is 2.73. The number of hydrogen-bond donors (Lipinski definition) is 1. The molecule has 1 fully saturated rings. The Kier molecular flexibility index (Phi) is 3.97. The number of aryl methyl sites for hydroxylation is 1. The molecule has 4 nitrogen and oxygen atoms in total. The van der Waals surface area contributed by atoms with Gasteiger partial charge in [0.25, 0.3) is 5.91 Å². The van der Waals surface area contributed by atoms with Gasteiger partial charge in [0.05, 0.1) is 0 Å². The number of aromatic nitrogens is 2. The van der Waals surface area contributed by atoms with Gasteiger partial charge in [-0.2, -0.15) is 0 Å². The van der Waals surface area contributed by atoms with E-state index in [-0.39, 0.29) is 5.91 Å². The van der Waals surface area contributed by atoms with Crippen LogP contribution in [0.4, 0.5) is 0 Å². The highest BCUT2D eigenvalue weighted by atomic mass is 35.5. The van der Waals surface area contributed by atoms with Gasteiger partial charge in [-0.3, -0.25) is 4.79 Å². The molecule has 0 radical (unpaired) electrons. The minimum Gasteiger partial charge on any atom is -0.339 e. The molecule has 1 aromatic carbocycles. The van der Waals surface area contributed by atoms with Crippen LogP contribution in [0.3, 0.4) is 0 Å². The van der Waals surface area contributed by atoms with E-state index in [9.17, 15) is 4.79 Å². The molecule has 2 heterocycles. The van der Waals surface area contributed by atoms with Gasteiger partial charge in [-0.15, -0.1) is 0 Å². The molecule has 1 N–H and O–H groups in total. The number of likely N-dealkylation sites (tertiary alicyclic amines) is 1. The molecule has 1 aromatic heterocycles. The quantitative estimate of drug-likeness (QED) is 0.920. The van der Waals surface area contributed by atoms with Crippen LogP contribution in [-0.4, -0.2) is 33.9 Å². The summed E-state index contributed by atoms with van der Waals surface area (Å²) in [5.74, 6) is 0.864.